The molecule has 1 aromatic carbocycles. The predicted molar refractivity (Wildman–Crippen MR) is 86.2 cm³/mol. The van der Waals surface area contributed by atoms with Crippen molar-refractivity contribution in [2.75, 3.05) is 7.11 Å². The lowest BCUT2D eigenvalue weighted by molar-refractivity contribution is -0.126. The van der Waals surface area contributed by atoms with Crippen molar-refractivity contribution >= 4 is 5.91 Å². The van der Waals surface area contributed by atoms with Gasteiger partial charge in [-0.25, -0.2) is 0 Å². The quantitative estimate of drug-likeness (QED) is 0.910. The normalized spacial score (nSPS) is 21.3. The van der Waals surface area contributed by atoms with Crippen LogP contribution in [0.25, 0.3) is 0 Å². The molecule has 1 aromatic heterocycles. The van der Waals surface area contributed by atoms with E-state index in [9.17, 15) is 4.79 Å². The van der Waals surface area contributed by atoms with E-state index in [4.69, 9.17) is 4.74 Å². The summed E-state index contributed by atoms with van der Waals surface area (Å²) in [5.41, 5.74) is 3.38. The molecule has 2 aliphatic rings. The highest BCUT2D eigenvalue weighted by Gasteiger charge is 2.46. The minimum Gasteiger partial charge on any atom is -0.497 e. The summed E-state index contributed by atoms with van der Waals surface area (Å²) in [6.45, 7) is 0. The summed E-state index contributed by atoms with van der Waals surface area (Å²) >= 11 is 0. The molecule has 2 aliphatic carbocycles. The highest BCUT2D eigenvalue weighted by Crippen LogP contribution is 2.46. The van der Waals surface area contributed by atoms with E-state index in [1.54, 1.807) is 7.11 Å². The van der Waals surface area contributed by atoms with Crippen molar-refractivity contribution in [1.82, 2.24) is 15.5 Å². The van der Waals surface area contributed by atoms with Crippen molar-refractivity contribution in [3.8, 4) is 5.75 Å². The number of nitrogens with one attached hydrogen (secondary N) is 2. The second-order valence-electron chi connectivity index (χ2n) is 6.61. The first-order valence-corrected chi connectivity index (χ1v) is 8.18. The number of hydrogen-bond acceptors (Lipinski definition) is 3. The van der Waals surface area contributed by atoms with Crippen LogP contribution in [0, 0.1) is 5.92 Å². The monoisotopic (exact) mass is 311 g/mol. The molecule has 0 spiro atoms. The average Bonchev–Trinajstić information content (AvgIpc) is 3.21. The fraction of sp³-hybridized carbons (Fsp3) is 0.444. The van der Waals surface area contributed by atoms with Crippen molar-refractivity contribution in [2.24, 2.45) is 5.92 Å². The van der Waals surface area contributed by atoms with Crippen LogP contribution >= 0.6 is 0 Å². The van der Waals surface area contributed by atoms with E-state index in [-0.39, 0.29) is 17.4 Å². The molecular formula is C18H21N3O2. The van der Waals surface area contributed by atoms with Crippen LogP contribution in [0.15, 0.2) is 30.5 Å². The number of hydrogen-bond donors (Lipinski definition) is 2. The van der Waals surface area contributed by atoms with Crippen LogP contribution in [0.4, 0.5) is 0 Å². The number of H-pyrrole nitrogens is 1. The van der Waals surface area contributed by atoms with Gasteiger partial charge in [-0.15, -0.1) is 0 Å². The first kappa shape index (κ1) is 14.3. The summed E-state index contributed by atoms with van der Waals surface area (Å²) in [5, 5.41) is 10.4. The number of benzene rings is 1. The molecule has 2 aromatic rings. The molecule has 2 N–H and O–H groups in total. The summed E-state index contributed by atoms with van der Waals surface area (Å²) in [5.74, 6) is 1.07. The number of aryl methyl sites for hydroxylation is 1. The van der Waals surface area contributed by atoms with Gasteiger partial charge < -0.3 is 10.1 Å². The number of ether oxygens (including phenoxy) is 1. The Kier molecular flexibility index (Phi) is 3.36. The molecule has 120 valence electrons. The third-order valence-corrected chi connectivity index (χ3v) is 5.14. The first-order valence-electron chi connectivity index (χ1n) is 8.18. The molecule has 5 heteroatoms. The number of carbonyl (C=O) groups excluding carboxylic acids is 1. The van der Waals surface area contributed by atoms with Gasteiger partial charge in [-0.2, -0.15) is 5.10 Å². The van der Waals surface area contributed by atoms with Gasteiger partial charge in [0.2, 0.25) is 5.91 Å². The molecule has 1 amide bonds. The molecule has 4 rings (SSSR count). The van der Waals surface area contributed by atoms with Gasteiger partial charge in [0, 0.05) is 11.6 Å². The molecule has 1 atom stereocenters. The zero-order chi connectivity index (χ0) is 15.9. The molecule has 0 aliphatic heterocycles. The van der Waals surface area contributed by atoms with E-state index in [1.165, 1.54) is 16.8 Å². The smallest absolute Gasteiger partial charge is 0.224 e. The van der Waals surface area contributed by atoms with Gasteiger partial charge in [0.15, 0.2) is 0 Å². The van der Waals surface area contributed by atoms with E-state index in [2.05, 4.69) is 27.6 Å². The van der Waals surface area contributed by atoms with Crippen molar-refractivity contribution in [2.45, 2.75) is 37.6 Å². The Morgan fingerprint density at radius 3 is 2.83 bits per heavy atom. The molecule has 0 bridgehead atoms. The van der Waals surface area contributed by atoms with Gasteiger partial charge in [0.05, 0.1) is 18.8 Å². The Morgan fingerprint density at radius 1 is 1.35 bits per heavy atom. The predicted octanol–water partition coefficient (Wildman–Crippen LogP) is 2.33. The highest BCUT2D eigenvalue weighted by atomic mass is 16.5. The zero-order valence-electron chi connectivity index (χ0n) is 13.3. The van der Waals surface area contributed by atoms with E-state index < -0.39 is 0 Å². The van der Waals surface area contributed by atoms with Crippen LogP contribution in [0.3, 0.4) is 0 Å². The fourth-order valence-corrected chi connectivity index (χ4v) is 3.50. The molecule has 1 fully saturated rings. The van der Waals surface area contributed by atoms with Gasteiger partial charge in [-0.05, 0) is 55.4 Å². The number of rotatable bonds is 4. The summed E-state index contributed by atoms with van der Waals surface area (Å²) in [6, 6.07) is 8.03. The number of nitrogens with zero attached hydrogens (tertiary/aromatic N) is 1. The SMILES string of the molecule is COc1ccc(C2(NC(=O)C3CCc4[nH]ncc4C3)CC2)cc1. The maximum absolute atomic E-state index is 12.7. The van der Waals surface area contributed by atoms with Crippen molar-refractivity contribution < 1.29 is 9.53 Å². The van der Waals surface area contributed by atoms with Crippen LogP contribution < -0.4 is 10.1 Å². The van der Waals surface area contributed by atoms with Gasteiger partial charge in [-0.3, -0.25) is 9.89 Å². The summed E-state index contributed by atoms with van der Waals surface area (Å²) < 4.78 is 5.21. The fourth-order valence-electron chi connectivity index (χ4n) is 3.50. The summed E-state index contributed by atoms with van der Waals surface area (Å²) in [4.78, 5) is 12.7. The molecule has 1 unspecified atom stereocenters. The van der Waals surface area contributed by atoms with E-state index in [1.807, 2.05) is 18.3 Å². The first-order chi connectivity index (χ1) is 11.2. The van der Waals surface area contributed by atoms with Gasteiger partial charge >= 0.3 is 0 Å². The standard InChI is InChI=1S/C18H21N3O2/c1-23-15-5-3-14(4-6-15)18(8-9-18)20-17(22)12-2-7-16-13(10-12)11-19-21-16/h3-6,11-12H,2,7-10H2,1H3,(H,19,21)(H,20,22). The lowest BCUT2D eigenvalue weighted by atomic mass is 9.87. The number of aromatic amines is 1. The number of carbonyl (C=O) groups is 1. The third kappa shape index (κ3) is 2.60. The van der Waals surface area contributed by atoms with Crippen molar-refractivity contribution in [1.29, 1.82) is 0 Å². The molecule has 0 saturated heterocycles. The molecule has 0 radical (unpaired) electrons. The highest BCUT2D eigenvalue weighted by molar-refractivity contribution is 5.80. The van der Waals surface area contributed by atoms with Crippen LogP contribution in [-0.4, -0.2) is 23.2 Å². The number of fused-ring (bicyclic) bond motifs is 1. The van der Waals surface area contributed by atoms with Crippen LogP contribution in [0.5, 0.6) is 5.75 Å². The second-order valence-corrected chi connectivity index (χ2v) is 6.61. The minimum absolute atomic E-state index is 0.0517. The van der Waals surface area contributed by atoms with Gasteiger partial charge in [0.1, 0.15) is 5.75 Å². The number of aromatic nitrogens is 2. The maximum atomic E-state index is 12.7. The number of methoxy groups -OCH3 is 1. The van der Waals surface area contributed by atoms with Crippen molar-refractivity contribution in [3.05, 3.63) is 47.3 Å². The molecular weight excluding hydrogens is 290 g/mol. The van der Waals surface area contributed by atoms with Gasteiger partial charge in [-0.1, -0.05) is 12.1 Å². The van der Waals surface area contributed by atoms with E-state index in [0.717, 1.165) is 37.9 Å². The zero-order valence-corrected chi connectivity index (χ0v) is 13.3. The Hall–Kier alpha value is -2.30. The molecule has 1 saturated carbocycles. The Morgan fingerprint density at radius 2 is 2.13 bits per heavy atom. The topological polar surface area (TPSA) is 67.0 Å². The van der Waals surface area contributed by atoms with E-state index in [0.29, 0.717) is 0 Å². The number of amides is 1. The lowest BCUT2D eigenvalue weighted by Crippen LogP contribution is -2.40. The lowest BCUT2D eigenvalue weighted by Gasteiger charge is -2.25. The van der Waals surface area contributed by atoms with Crippen LogP contribution in [0.1, 0.15) is 36.1 Å². The molecule has 5 nitrogen and oxygen atoms in total. The largest absolute Gasteiger partial charge is 0.497 e. The van der Waals surface area contributed by atoms with Crippen LogP contribution in [0.2, 0.25) is 0 Å². The van der Waals surface area contributed by atoms with E-state index >= 15 is 0 Å². The summed E-state index contributed by atoms with van der Waals surface area (Å²) in [7, 11) is 1.66. The third-order valence-electron chi connectivity index (χ3n) is 5.14. The van der Waals surface area contributed by atoms with Crippen molar-refractivity contribution in [3.63, 3.8) is 0 Å². The molecule has 1 heterocycles. The maximum Gasteiger partial charge on any atom is 0.224 e. The van der Waals surface area contributed by atoms with Crippen LogP contribution in [-0.2, 0) is 23.2 Å². The Labute approximate surface area is 135 Å². The molecule has 23 heavy (non-hydrogen) atoms. The Balaban J connectivity index is 1.46. The minimum atomic E-state index is -0.167. The summed E-state index contributed by atoms with van der Waals surface area (Å²) in [6.07, 6.45) is 6.45. The average molecular weight is 311 g/mol. The second kappa shape index (κ2) is 5.41. The van der Waals surface area contributed by atoms with Gasteiger partial charge in [0.25, 0.3) is 0 Å². The Bertz CT molecular complexity index is 716.